The quantitative estimate of drug-likeness (QED) is 0.578. The number of nitrogens with zero attached hydrogens (tertiary/aromatic N) is 5. The summed E-state index contributed by atoms with van der Waals surface area (Å²) in [6, 6.07) is 9.88. The molecule has 0 aliphatic heterocycles. The number of nitrogens with one attached hydrogen (secondary N) is 1. The second kappa shape index (κ2) is 7.03. The molecule has 0 radical (unpaired) electrons. The van der Waals surface area contributed by atoms with E-state index in [1.165, 1.54) is 7.05 Å². The third kappa shape index (κ3) is 3.13. The summed E-state index contributed by atoms with van der Waals surface area (Å²) in [7, 11) is 1.51. The number of hydrogen-bond donors (Lipinski definition) is 1. The third-order valence-corrected chi connectivity index (χ3v) is 4.25. The Kier molecular flexibility index (Phi) is 4.40. The van der Waals surface area contributed by atoms with Crippen LogP contribution in [-0.4, -0.2) is 30.8 Å². The lowest BCUT2D eigenvalue weighted by Crippen LogP contribution is -2.31. The van der Waals surface area contributed by atoms with E-state index >= 15 is 0 Å². The Labute approximate surface area is 159 Å². The molecule has 0 fully saturated rings. The normalized spacial score (nSPS) is 12.1. The highest BCUT2D eigenvalue weighted by atomic mass is 16.5. The van der Waals surface area contributed by atoms with E-state index in [2.05, 4.69) is 25.5 Å². The van der Waals surface area contributed by atoms with Gasteiger partial charge in [0, 0.05) is 30.4 Å². The Bertz CT molecular complexity index is 1220. The summed E-state index contributed by atoms with van der Waals surface area (Å²) in [4.78, 5) is 33.3. The highest BCUT2D eigenvalue weighted by molar-refractivity contribution is 6.04. The van der Waals surface area contributed by atoms with Crippen LogP contribution in [0.3, 0.4) is 0 Å². The first-order valence-corrected chi connectivity index (χ1v) is 8.55. The number of pyridine rings is 1. The summed E-state index contributed by atoms with van der Waals surface area (Å²) in [5.74, 6) is 0.191. The number of aromatic nitrogens is 5. The van der Waals surface area contributed by atoms with Gasteiger partial charge in [-0.2, -0.15) is 10.1 Å². The topological polar surface area (TPSA) is 116 Å². The van der Waals surface area contributed by atoms with E-state index in [9.17, 15) is 9.59 Å². The molecule has 4 rings (SSSR count). The number of carbonyl (C=O) groups excluding carboxylic acids is 1. The lowest BCUT2D eigenvalue weighted by atomic mass is 10.1. The third-order valence-electron chi connectivity index (χ3n) is 4.25. The smallest absolute Gasteiger partial charge is 0.274 e. The zero-order valence-electron chi connectivity index (χ0n) is 15.2. The fourth-order valence-electron chi connectivity index (χ4n) is 2.82. The van der Waals surface area contributed by atoms with Gasteiger partial charge in [0.1, 0.15) is 6.04 Å². The molecule has 0 spiro atoms. The van der Waals surface area contributed by atoms with E-state index in [0.29, 0.717) is 22.2 Å². The summed E-state index contributed by atoms with van der Waals surface area (Å²) >= 11 is 0. The van der Waals surface area contributed by atoms with E-state index in [0.717, 1.165) is 4.68 Å². The highest BCUT2D eigenvalue weighted by Crippen LogP contribution is 2.19. The van der Waals surface area contributed by atoms with Gasteiger partial charge in [0.25, 0.3) is 11.5 Å². The van der Waals surface area contributed by atoms with E-state index < -0.39 is 11.9 Å². The number of aryl methyl sites for hydroxylation is 1. The maximum Gasteiger partial charge on any atom is 0.274 e. The number of fused-ring (bicyclic) bond motifs is 1. The van der Waals surface area contributed by atoms with Gasteiger partial charge in [-0.3, -0.25) is 14.6 Å². The summed E-state index contributed by atoms with van der Waals surface area (Å²) in [5.41, 5.74) is 0.594. The second-order valence-corrected chi connectivity index (χ2v) is 6.22. The van der Waals surface area contributed by atoms with Crippen molar-refractivity contribution in [3.05, 3.63) is 70.7 Å². The number of benzene rings is 1. The zero-order chi connectivity index (χ0) is 19.7. The minimum absolute atomic E-state index is 0.150. The van der Waals surface area contributed by atoms with Gasteiger partial charge in [-0.05, 0) is 25.1 Å². The minimum atomic E-state index is -0.553. The van der Waals surface area contributed by atoms with Crippen molar-refractivity contribution in [1.82, 2.24) is 30.2 Å². The van der Waals surface area contributed by atoms with Gasteiger partial charge in [-0.1, -0.05) is 23.4 Å². The lowest BCUT2D eigenvalue weighted by molar-refractivity contribution is 0.0927. The van der Waals surface area contributed by atoms with E-state index in [1.807, 2.05) is 6.07 Å². The highest BCUT2D eigenvalue weighted by Gasteiger charge is 2.21. The maximum atomic E-state index is 12.8. The largest absolute Gasteiger partial charge is 0.339 e. The van der Waals surface area contributed by atoms with Gasteiger partial charge in [-0.25, -0.2) is 4.68 Å². The zero-order valence-corrected chi connectivity index (χ0v) is 15.2. The van der Waals surface area contributed by atoms with Crippen LogP contribution < -0.4 is 10.9 Å². The molecule has 1 N–H and O–H groups in total. The molecule has 0 unspecified atom stereocenters. The molecule has 0 aliphatic carbocycles. The van der Waals surface area contributed by atoms with E-state index in [-0.39, 0.29) is 17.1 Å². The van der Waals surface area contributed by atoms with E-state index in [4.69, 9.17) is 4.52 Å². The molecule has 0 saturated carbocycles. The van der Waals surface area contributed by atoms with Gasteiger partial charge < -0.3 is 9.84 Å². The van der Waals surface area contributed by atoms with Crippen molar-refractivity contribution < 1.29 is 9.32 Å². The SMILES string of the molecule is C[C@@H](NC(=O)c1nn(C)c(=O)c2ccccc12)c1nc(-c2cccnc2)no1. The van der Waals surface area contributed by atoms with Crippen LogP contribution in [-0.2, 0) is 7.05 Å². The molecule has 3 aromatic heterocycles. The first kappa shape index (κ1) is 17.5. The number of hydrogen-bond acceptors (Lipinski definition) is 7. The molecule has 3 heterocycles. The molecule has 28 heavy (non-hydrogen) atoms. The Balaban J connectivity index is 1.61. The van der Waals surface area contributed by atoms with Gasteiger partial charge in [-0.15, -0.1) is 0 Å². The monoisotopic (exact) mass is 376 g/mol. The molecule has 9 heteroatoms. The standard InChI is InChI=1S/C19H16N6O3/c1-11(18-22-16(24-28-18)12-6-5-9-20-10-12)21-17(26)15-13-7-3-4-8-14(13)19(27)25(2)23-15/h3-11H,1-2H3,(H,21,26)/t11-/m1/s1. The number of amides is 1. The lowest BCUT2D eigenvalue weighted by Gasteiger charge is -2.11. The van der Waals surface area contributed by atoms with Crippen molar-refractivity contribution in [3.63, 3.8) is 0 Å². The van der Waals surface area contributed by atoms with Crippen molar-refractivity contribution in [2.45, 2.75) is 13.0 Å². The predicted octanol–water partition coefficient (Wildman–Crippen LogP) is 1.87. The van der Waals surface area contributed by atoms with Crippen molar-refractivity contribution in [3.8, 4) is 11.4 Å². The second-order valence-electron chi connectivity index (χ2n) is 6.22. The first-order valence-electron chi connectivity index (χ1n) is 8.55. The van der Waals surface area contributed by atoms with Gasteiger partial charge in [0.15, 0.2) is 5.69 Å². The molecule has 4 aromatic rings. The minimum Gasteiger partial charge on any atom is -0.339 e. The Hall–Kier alpha value is -3.88. The van der Waals surface area contributed by atoms with Crippen LogP contribution >= 0.6 is 0 Å². The molecule has 9 nitrogen and oxygen atoms in total. The van der Waals surface area contributed by atoms with Gasteiger partial charge >= 0.3 is 0 Å². The Morgan fingerprint density at radius 1 is 1.18 bits per heavy atom. The van der Waals surface area contributed by atoms with Crippen LogP contribution in [0.15, 0.2) is 58.1 Å². The van der Waals surface area contributed by atoms with Crippen molar-refractivity contribution >= 4 is 16.7 Å². The fraction of sp³-hybridized carbons (Fsp3) is 0.158. The molecule has 0 bridgehead atoms. The van der Waals surface area contributed by atoms with Gasteiger partial charge in [0.05, 0.1) is 5.39 Å². The fourth-order valence-corrected chi connectivity index (χ4v) is 2.82. The Morgan fingerprint density at radius 3 is 2.71 bits per heavy atom. The van der Waals surface area contributed by atoms with Crippen LogP contribution in [0, 0.1) is 0 Å². The predicted molar refractivity (Wildman–Crippen MR) is 100 cm³/mol. The molecular formula is C19H16N6O3. The van der Waals surface area contributed by atoms with Crippen molar-refractivity contribution in [1.29, 1.82) is 0 Å². The summed E-state index contributed by atoms with van der Waals surface area (Å²) in [6.45, 7) is 1.72. The van der Waals surface area contributed by atoms with Crippen LogP contribution in [0.25, 0.3) is 22.2 Å². The van der Waals surface area contributed by atoms with Crippen molar-refractivity contribution in [2.75, 3.05) is 0 Å². The summed E-state index contributed by atoms with van der Waals surface area (Å²) in [6.07, 6.45) is 3.27. The number of carbonyl (C=O) groups is 1. The van der Waals surface area contributed by atoms with Crippen molar-refractivity contribution in [2.24, 2.45) is 7.05 Å². The molecule has 1 aromatic carbocycles. The summed E-state index contributed by atoms with van der Waals surface area (Å²) < 4.78 is 6.42. The van der Waals surface area contributed by atoms with Crippen LogP contribution in [0.5, 0.6) is 0 Å². The molecule has 1 atom stereocenters. The molecular weight excluding hydrogens is 360 g/mol. The average molecular weight is 376 g/mol. The molecule has 0 saturated heterocycles. The van der Waals surface area contributed by atoms with Crippen LogP contribution in [0.1, 0.15) is 29.3 Å². The molecule has 1 amide bonds. The van der Waals surface area contributed by atoms with Gasteiger partial charge in [0.2, 0.25) is 11.7 Å². The molecule has 140 valence electrons. The number of rotatable bonds is 4. The van der Waals surface area contributed by atoms with Crippen LogP contribution in [0.4, 0.5) is 0 Å². The van der Waals surface area contributed by atoms with Crippen LogP contribution in [0.2, 0.25) is 0 Å². The Morgan fingerprint density at radius 2 is 1.96 bits per heavy atom. The summed E-state index contributed by atoms with van der Waals surface area (Å²) in [5, 5.41) is 11.7. The average Bonchev–Trinajstić information content (AvgIpc) is 3.22. The molecule has 0 aliphatic rings. The maximum absolute atomic E-state index is 12.8. The van der Waals surface area contributed by atoms with E-state index in [1.54, 1.807) is 49.6 Å². The first-order chi connectivity index (χ1) is 13.5.